The number of amides is 1. The van der Waals surface area contributed by atoms with Crippen molar-refractivity contribution in [3.63, 3.8) is 0 Å². The SMILES string of the molecule is C[C@H](NC(=O)[C@@H]1C[C@H]1C(=O)O)c1ccc(C(F)(F)F)cc1. The molecule has 0 heterocycles. The lowest BCUT2D eigenvalue weighted by Gasteiger charge is -2.15. The third kappa shape index (κ3) is 3.53. The van der Waals surface area contributed by atoms with Crippen LogP contribution in [-0.2, 0) is 15.8 Å². The molecule has 7 heteroatoms. The number of halogens is 3. The molecule has 2 N–H and O–H groups in total. The average molecular weight is 301 g/mol. The highest BCUT2D eigenvalue weighted by atomic mass is 19.4. The highest BCUT2D eigenvalue weighted by Crippen LogP contribution is 2.39. The van der Waals surface area contributed by atoms with Crippen LogP contribution in [0.5, 0.6) is 0 Å². The molecule has 0 spiro atoms. The lowest BCUT2D eigenvalue weighted by molar-refractivity contribution is -0.140. The van der Waals surface area contributed by atoms with E-state index in [2.05, 4.69) is 5.32 Å². The zero-order chi connectivity index (χ0) is 15.8. The van der Waals surface area contributed by atoms with Gasteiger partial charge in [-0.2, -0.15) is 13.2 Å². The summed E-state index contributed by atoms with van der Waals surface area (Å²) in [5, 5.41) is 11.4. The first-order chi connectivity index (χ1) is 9.70. The van der Waals surface area contributed by atoms with Crippen LogP contribution in [0.3, 0.4) is 0 Å². The van der Waals surface area contributed by atoms with Crippen LogP contribution in [0.1, 0.15) is 30.5 Å². The summed E-state index contributed by atoms with van der Waals surface area (Å²) in [5.74, 6) is -2.57. The Morgan fingerprint density at radius 2 is 1.81 bits per heavy atom. The number of hydrogen-bond donors (Lipinski definition) is 2. The van der Waals surface area contributed by atoms with Crippen molar-refractivity contribution in [1.82, 2.24) is 5.32 Å². The van der Waals surface area contributed by atoms with Crippen molar-refractivity contribution in [3.8, 4) is 0 Å². The summed E-state index contributed by atoms with van der Waals surface area (Å²) in [6.07, 6.45) is -4.09. The summed E-state index contributed by atoms with van der Waals surface area (Å²) in [5.41, 5.74) is -0.221. The standard InChI is InChI=1S/C14H14F3NO3/c1-7(18-12(19)10-6-11(10)13(20)21)8-2-4-9(5-3-8)14(15,16)17/h2-5,7,10-11H,6H2,1H3,(H,18,19)(H,20,21)/t7-,10+,11+/m0/s1. The number of carbonyl (C=O) groups excluding carboxylic acids is 1. The third-order valence-electron chi connectivity index (χ3n) is 3.54. The number of alkyl halides is 3. The largest absolute Gasteiger partial charge is 0.481 e. The van der Waals surface area contributed by atoms with E-state index in [0.717, 1.165) is 12.1 Å². The van der Waals surface area contributed by atoms with Gasteiger partial charge in [0, 0.05) is 0 Å². The molecule has 0 unspecified atom stereocenters. The Labute approximate surface area is 119 Å². The summed E-state index contributed by atoms with van der Waals surface area (Å²) in [6.45, 7) is 1.64. The van der Waals surface area contributed by atoms with E-state index < -0.39 is 35.6 Å². The highest BCUT2D eigenvalue weighted by Gasteiger charge is 2.48. The first kappa shape index (κ1) is 15.3. The van der Waals surface area contributed by atoms with Gasteiger partial charge in [-0.1, -0.05) is 12.1 Å². The summed E-state index contributed by atoms with van der Waals surface area (Å²) in [6, 6.07) is 4.03. The van der Waals surface area contributed by atoms with Gasteiger partial charge in [0.15, 0.2) is 0 Å². The Morgan fingerprint density at radius 1 is 1.24 bits per heavy atom. The minimum atomic E-state index is -4.40. The zero-order valence-electron chi connectivity index (χ0n) is 11.1. The topological polar surface area (TPSA) is 66.4 Å². The van der Waals surface area contributed by atoms with Gasteiger partial charge in [-0.05, 0) is 31.0 Å². The van der Waals surface area contributed by atoms with E-state index in [9.17, 15) is 22.8 Å². The number of carbonyl (C=O) groups is 2. The molecule has 0 aromatic heterocycles. The molecule has 1 fully saturated rings. The van der Waals surface area contributed by atoms with E-state index in [-0.39, 0.29) is 5.91 Å². The second-order valence-corrected chi connectivity index (χ2v) is 5.14. The number of rotatable bonds is 4. The predicted octanol–water partition coefficient (Wildman–Crippen LogP) is 2.60. The zero-order valence-corrected chi connectivity index (χ0v) is 11.1. The van der Waals surface area contributed by atoms with Crippen molar-refractivity contribution < 1.29 is 27.9 Å². The second-order valence-electron chi connectivity index (χ2n) is 5.14. The minimum absolute atomic E-state index is 0.306. The van der Waals surface area contributed by atoms with Crippen molar-refractivity contribution in [2.24, 2.45) is 11.8 Å². The summed E-state index contributed by atoms with van der Waals surface area (Å²) >= 11 is 0. The number of benzene rings is 1. The molecule has 1 amide bonds. The molecular formula is C14H14F3NO3. The smallest absolute Gasteiger partial charge is 0.416 e. The van der Waals surface area contributed by atoms with E-state index in [1.807, 2.05) is 0 Å². The number of hydrogen-bond acceptors (Lipinski definition) is 2. The molecule has 1 saturated carbocycles. The second kappa shape index (κ2) is 5.38. The molecule has 3 atom stereocenters. The lowest BCUT2D eigenvalue weighted by atomic mass is 10.1. The molecule has 21 heavy (non-hydrogen) atoms. The van der Waals surface area contributed by atoms with Crippen LogP contribution < -0.4 is 5.32 Å². The molecule has 0 aliphatic heterocycles. The van der Waals surface area contributed by atoms with Crippen LogP contribution in [0.25, 0.3) is 0 Å². The number of carboxylic acids is 1. The number of aliphatic carboxylic acids is 1. The fraction of sp³-hybridized carbons (Fsp3) is 0.429. The molecule has 2 rings (SSSR count). The van der Waals surface area contributed by atoms with E-state index in [4.69, 9.17) is 5.11 Å². The van der Waals surface area contributed by atoms with Crippen LogP contribution in [0.2, 0.25) is 0 Å². The van der Waals surface area contributed by atoms with Crippen LogP contribution in [0.15, 0.2) is 24.3 Å². The minimum Gasteiger partial charge on any atom is -0.481 e. The van der Waals surface area contributed by atoms with Gasteiger partial charge < -0.3 is 10.4 Å². The summed E-state index contributed by atoms with van der Waals surface area (Å²) < 4.78 is 37.3. The molecule has 0 radical (unpaired) electrons. The Morgan fingerprint density at radius 3 is 2.24 bits per heavy atom. The van der Waals surface area contributed by atoms with Crippen molar-refractivity contribution in [1.29, 1.82) is 0 Å². The first-order valence-corrected chi connectivity index (χ1v) is 6.40. The fourth-order valence-corrected chi connectivity index (χ4v) is 2.12. The van der Waals surface area contributed by atoms with Crippen LogP contribution in [0, 0.1) is 11.8 Å². The first-order valence-electron chi connectivity index (χ1n) is 6.40. The molecule has 114 valence electrons. The molecule has 1 aliphatic rings. The van der Waals surface area contributed by atoms with Gasteiger partial charge in [-0.3, -0.25) is 9.59 Å². The van der Waals surface area contributed by atoms with Gasteiger partial charge in [0.25, 0.3) is 0 Å². The molecular weight excluding hydrogens is 287 g/mol. The van der Waals surface area contributed by atoms with Gasteiger partial charge in [0.05, 0.1) is 23.4 Å². The Hall–Kier alpha value is -2.05. The Kier molecular flexibility index (Phi) is 3.93. The lowest BCUT2D eigenvalue weighted by Crippen LogP contribution is -2.29. The molecule has 0 saturated heterocycles. The average Bonchev–Trinajstić information content (AvgIpc) is 3.18. The molecule has 4 nitrogen and oxygen atoms in total. The van der Waals surface area contributed by atoms with Gasteiger partial charge in [0.1, 0.15) is 0 Å². The summed E-state index contributed by atoms with van der Waals surface area (Å²) in [7, 11) is 0. The van der Waals surface area contributed by atoms with E-state index >= 15 is 0 Å². The molecule has 1 aliphatic carbocycles. The molecule has 1 aromatic carbocycles. The molecule has 0 bridgehead atoms. The summed E-state index contributed by atoms with van der Waals surface area (Å²) in [4.78, 5) is 22.5. The van der Waals surface area contributed by atoms with Gasteiger partial charge >= 0.3 is 12.1 Å². The van der Waals surface area contributed by atoms with Crippen molar-refractivity contribution in [2.75, 3.05) is 0 Å². The normalized spacial score (nSPS) is 22.5. The number of nitrogens with one attached hydrogen (secondary N) is 1. The van der Waals surface area contributed by atoms with Gasteiger partial charge in [0.2, 0.25) is 5.91 Å². The highest BCUT2D eigenvalue weighted by molar-refractivity contribution is 5.89. The maximum atomic E-state index is 12.4. The van der Waals surface area contributed by atoms with Crippen LogP contribution in [-0.4, -0.2) is 17.0 Å². The van der Waals surface area contributed by atoms with Gasteiger partial charge in [-0.15, -0.1) is 0 Å². The monoisotopic (exact) mass is 301 g/mol. The quantitative estimate of drug-likeness (QED) is 0.898. The van der Waals surface area contributed by atoms with Crippen molar-refractivity contribution >= 4 is 11.9 Å². The van der Waals surface area contributed by atoms with Gasteiger partial charge in [-0.25, -0.2) is 0 Å². The maximum absolute atomic E-state index is 12.4. The van der Waals surface area contributed by atoms with Crippen LogP contribution in [0.4, 0.5) is 13.2 Å². The molecule has 1 aromatic rings. The Balaban J connectivity index is 1.96. The van der Waals surface area contributed by atoms with E-state index in [1.54, 1.807) is 6.92 Å². The van der Waals surface area contributed by atoms with E-state index in [1.165, 1.54) is 12.1 Å². The van der Waals surface area contributed by atoms with Crippen LogP contribution >= 0.6 is 0 Å². The predicted molar refractivity (Wildman–Crippen MR) is 67.2 cm³/mol. The maximum Gasteiger partial charge on any atom is 0.416 e. The number of carboxylic acid groups (broad SMARTS) is 1. The van der Waals surface area contributed by atoms with Crippen molar-refractivity contribution in [3.05, 3.63) is 35.4 Å². The Bertz CT molecular complexity index is 554. The van der Waals surface area contributed by atoms with Crippen molar-refractivity contribution in [2.45, 2.75) is 25.6 Å². The van der Waals surface area contributed by atoms with E-state index in [0.29, 0.717) is 12.0 Å². The third-order valence-corrected chi connectivity index (χ3v) is 3.54. The fourth-order valence-electron chi connectivity index (χ4n) is 2.12.